The normalized spacial score (nSPS) is 21.5. The van der Waals surface area contributed by atoms with Crippen molar-refractivity contribution >= 4 is 18.1 Å². The summed E-state index contributed by atoms with van der Waals surface area (Å²) >= 11 is 6.59. The number of ether oxygens (including phenoxy) is 1. The molecular weight excluding hydrogens is 625 g/mol. The molecule has 2 fully saturated rings. The number of aromatic amines is 1. The highest BCUT2D eigenvalue weighted by atomic mass is 35.7. The van der Waals surface area contributed by atoms with Crippen molar-refractivity contribution in [3.8, 4) is 0 Å². The van der Waals surface area contributed by atoms with Crippen molar-refractivity contribution in [3.05, 3.63) is 140 Å². The summed E-state index contributed by atoms with van der Waals surface area (Å²) in [5, 5.41) is 0. The van der Waals surface area contributed by atoms with Crippen LogP contribution in [0.4, 0.5) is 0 Å². The summed E-state index contributed by atoms with van der Waals surface area (Å²) in [5.74, 6) is 0. The van der Waals surface area contributed by atoms with Crippen LogP contribution in [0.5, 0.6) is 0 Å². The van der Waals surface area contributed by atoms with Crippen LogP contribution in [0.1, 0.15) is 28.5 Å². The molecule has 46 heavy (non-hydrogen) atoms. The molecule has 3 aromatic carbocycles. The first-order chi connectivity index (χ1) is 22.2. The molecule has 0 amide bonds. The van der Waals surface area contributed by atoms with Gasteiger partial charge in [-0.05, 0) is 41.9 Å². The van der Waals surface area contributed by atoms with Crippen LogP contribution in [0.3, 0.4) is 0 Å². The molecule has 0 spiro atoms. The molecule has 0 aliphatic carbocycles. The van der Waals surface area contributed by atoms with Gasteiger partial charge in [-0.1, -0.05) is 91.0 Å². The van der Waals surface area contributed by atoms with E-state index in [1.807, 2.05) is 61.6 Å². The zero-order valence-electron chi connectivity index (χ0n) is 26.0. The third kappa shape index (κ3) is 6.57. The fraction of sp³-hybridized carbons (Fsp3) is 0.353. The van der Waals surface area contributed by atoms with E-state index in [1.54, 1.807) is 11.6 Å². The molecule has 2 aliphatic heterocycles. The predicted molar refractivity (Wildman–Crippen MR) is 179 cm³/mol. The first-order valence-electron chi connectivity index (χ1n) is 15.5. The van der Waals surface area contributed by atoms with Crippen LogP contribution in [-0.2, 0) is 19.4 Å². The monoisotopic (exact) mass is 663 g/mol. The van der Waals surface area contributed by atoms with E-state index >= 15 is 0 Å². The largest absolute Gasteiger partial charge is 0.363 e. The minimum Gasteiger partial charge on any atom is -0.350 e. The Morgan fingerprint density at radius 2 is 1.39 bits per heavy atom. The molecule has 3 unspecified atom stereocenters. The molecule has 12 heteroatoms. The van der Waals surface area contributed by atoms with Crippen molar-refractivity contribution in [3.63, 3.8) is 0 Å². The van der Waals surface area contributed by atoms with E-state index in [2.05, 4.69) is 51.2 Å². The van der Waals surface area contributed by atoms with Gasteiger partial charge in [0, 0.05) is 51.0 Å². The number of morpholine rings is 1. The molecule has 3 atom stereocenters. The number of piperazine rings is 1. The summed E-state index contributed by atoms with van der Waals surface area (Å²) in [6, 6.07) is 30.7. The fourth-order valence-corrected chi connectivity index (χ4v) is 8.31. The van der Waals surface area contributed by atoms with Gasteiger partial charge in [0.2, 0.25) is 0 Å². The lowest BCUT2D eigenvalue weighted by molar-refractivity contribution is -0.148. The van der Waals surface area contributed by atoms with Crippen molar-refractivity contribution in [2.45, 2.75) is 24.8 Å². The van der Waals surface area contributed by atoms with E-state index in [9.17, 15) is 14.2 Å². The Labute approximate surface area is 273 Å². The Kier molecular flexibility index (Phi) is 9.77. The fourth-order valence-electron chi connectivity index (χ4n) is 6.51. The third-order valence-corrected chi connectivity index (χ3v) is 11.4. The topological polar surface area (TPSA) is 100 Å². The number of aryl methyl sites for hydroxylation is 1. The van der Waals surface area contributed by atoms with Crippen LogP contribution in [0.2, 0.25) is 0 Å². The molecule has 1 N–H and O–H groups in total. The number of hydrogen-bond acceptors (Lipinski definition) is 7. The highest BCUT2D eigenvalue weighted by molar-refractivity contribution is 7.83. The summed E-state index contributed by atoms with van der Waals surface area (Å²) in [6.07, 6.45) is 0.0892. The standard InChI is InChI=1S/C34H39ClN5O5P/c1-26-22-40(33(42)36-32(26)41)31-24-38(23-30(45-31)25-44-46(35,43)39-20-18-37(2)19-21-39)34(27-12-6-3-7-13-27,28-14-8-4-9-15-28)29-16-10-5-11-17-29/h3-17,22,30-31H,18-21,23-25H2,1-2H3,(H,36,41,42). The van der Waals surface area contributed by atoms with Gasteiger partial charge in [0.1, 0.15) is 0 Å². The Morgan fingerprint density at radius 1 is 0.870 bits per heavy atom. The Bertz CT molecular complexity index is 1680. The maximum atomic E-state index is 13.6. The summed E-state index contributed by atoms with van der Waals surface area (Å²) in [6.45, 7) is 1.13. The molecule has 2 saturated heterocycles. The minimum absolute atomic E-state index is 0.0638. The molecule has 0 saturated carbocycles. The molecule has 3 heterocycles. The third-order valence-electron chi connectivity index (χ3n) is 8.89. The molecule has 10 nitrogen and oxygen atoms in total. The number of likely N-dealkylation sites (N-methyl/N-ethyl adjacent to an activating group) is 1. The number of H-pyrrole nitrogens is 1. The van der Waals surface area contributed by atoms with Crippen molar-refractivity contribution < 1.29 is 13.8 Å². The number of nitrogens with one attached hydrogen (secondary N) is 1. The number of aromatic nitrogens is 2. The summed E-state index contributed by atoms with van der Waals surface area (Å²) < 4.78 is 29.3. The lowest BCUT2D eigenvalue weighted by Crippen LogP contribution is -2.58. The zero-order valence-corrected chi connectivity index (χ0v) is 27.6. The van der Waals surface area contributed by atoms with Gasteiger partial charge in [0.25, 0.3) is 5.56 Å². The molecule has 6 rings (SSSR count). The summed E-state index contributed by atoms with van der Waals surface area (Å²) in [7, 11) is 2.01. The maximum absolute atomic E-state index is 13.6. The van der Waals surface area contributed by atoms with E-state index in [-0.39, 0.29) is 13.2 Å². The van der Waals surface area contributed by atoms with Crippen molar-refractivity contribution in [1.29, 1.82) is 0 Å². The highest BCUT2D eigenvalue weighted by Crippen LogP contribution is 2.56. The van der Waals surface area contributed by atoms with Crippen molar-refractivity contribution in [1.82, 2.24) is 24.0 Å². The van der Waals surface area contributed by atoms with Gasteiger partial charge >= 0.3 is 12.6 Å². The Morgan fingerprint density at radius 3 is 1.91 bits per heavy atom. The molecule has 242 valence electrons. The van der Waals surface area contributed by atoms with Crippen LogP contribution in [-0.4, -0.2) is 83.0 Å². The zero-order chi connectivity index (χ0) is 32.3. The predicted octanol–water partition coefficient (Wildman–Crippen LogP) is 4.65. The van der Waals surface area contributed by atoms with Gasteiger partial charge in [0.15, 0.2) is 6.23 Å². The van der Waals surface area contributed by atoms with Crippen molar-refractivity contribution in [2.75, 3.05) is 52.9 Å². The highest BCUT2D eigenvalue weighted by Gasteiger charge is 2.47. The number of rotatable bonds is 9. The number of hydrogen-bond donors (Lipinski definition) is 1. The molecule has 1 aromatic heterocycles. The van der Waals surface area contributed by atoms with Crippen LogP contribution in [0.25, 0.3) is 0 Å². The van der Waals surface area contributed by atoms with Gasteiger partial charge in [-0.15, -0.1) is 0 Å². The first kappa shape index (κ1) is 32.6. The lowest BCUT2D eigenvalue weighted by Gasteiger charge is -2.50. The van der Waals surface area contributed by atoms with E-state index < -0.39 is 36.0 Å². The quantitative estimate of drug-likeness (QED) is 0.204. The average molecular weight is 664 g/mol. The van der Waals surface area contributed by atoms with E-state index in [0.29, 0.717) is 25.2 Å². The van der Waals surface area contributed by atoms with Gasteiger partial charge in [-0.3, -0.25) is 23.8 Å². The lowest BCUT2D eigenvalue weighted by atomic mass is 9.75. The van der Waals surface area contributed by atoms with Gasteiger partial charge < -0.3 is 14.2 Å². The average Bonchev–Trinajstić information content (AvgIpc) is 3.07. The summed E-state index contributed by atoms with van der Waals surface area (Å²) in [5.41, 5.74) is 1.62. The van der Waals surface area contributed by atoms with E-state index in [1.165, 1.54) is 10.8 Å². The molecule has 2 aliphatic rings. The van der Waals surface area contributed by atoms with Crippen LogP contribution >= 0.6 is 18.1 Å². The molecular formula is C34H39ClN5O5P. The number of halogens is 1. The smallest absolute Gasteiger partial charge is 0.350 e. The second-order valence-electron chi connectivity index (χ2n) is 11.9. The first-order valence-corrected chi connectivity index (χ1v) is 17.9. The minimum atomic E-state index is -3.65. The molecule has 0 bridgehead atoms. The summed E-state index contributed by atoms with van der Waals surface area (Å²) in [4.78, 5) is 32.4. The van der Waals surface area contributed by atoms with Crippen LogP contribution < -0.4 is 11.2 Å². The van der Waals surface area contributed by atoms with Crippen molar-refractivity contribution in [2.24, 2.45) is 0 Å². The van der Waals surface area contributed by atoms with Gasteiger partial charge in [-0.25, -0.2) is 9.46 Å². The van der Waals surface area contributed by atoms with Gasteiger partial charge in [-0.2, -0.15) is 0 Å². The van der Waals surface area contributed by atoms with E-state index in [0.717, 1.165) is 29.8 Å². The van der Waals surface area contributed by atoms with Crippen LogP contribution in [0.15, 0.2) is 107 Å². The maximum Gasteiger partial charge on any atom is 0.363 e. The van der Waals surface area contributed by atoms with Gasteiger partial charge in [0.05, 0.1) is 18.2 Å². The van der Waals surface area contributed by atoms with Crippen LogP contribution in [0, 0.1) is 6.92 Å². The second-order valence-corrected chi connectivity index (χ2v) is 14.9. The SMILES string of the molecule is Cc1cn(C2CN(C(c3ccccc3)(c3ccccc3)c3ccccc3)CC(COP(=O)(Cl)N3CCN(C)CC3)O2)c(=O)[nH]c1=O. The number of nitrogens with zero attached hydrogens (tertiary/aromatic N) is 4. The Hall–Kier alpha value is -3.34. The Balaban J connectivity index is 1.46. The molecule has 4 aromatic rings. The second kappa shape index (κ2) is 13.8. The molecule has 0 radical (unpaired) electrons. The number of benzene rings is 3. The van der Waals surface area contributed by atoms with E-state index in [4.69, 9.17) is 20.5 Å².